The number of nitrogens with one attached hydrogen (secondary N) is 1. The maximum atomic E-state index is 11.4. The maximum absolute atomic E-state index is 11.4. The zero-order valence-corrected chi connectivity index (χ0v) is 10.6. The molecule has 0 fully saturated rings. The quantitative estimate of drug-likeness (QED) is 0.765. The Kier molecular flexibility index (Phi) is 8.09. The molecule has 0 saturated heterocycles. The summed E-state index contributed by atoms with van der Waals surface area (Å²) in [4.78, 5) is 15.3. The molecule has 0 aliphatic rings. The Morgan fingerprint density at radius 2 is 2.29 bits per heavy atom. The van der Waals surface area contributed by atoms with Crippen molar-refractivity contribution in [2.45, 2.75) is 19.8 Å². The highest BCUT2D eigenvalue weighted by Crippen LogP contribution is 2.07. The fourth-order valence-electron chi connectivity index (χ4n) is 1.18. The van der Waals surface area contributed by atoms with Crippen LogP contribution in [0, 0.1) is 0 Å². The van der Waals surface area contributed by atoms with Crippen molar-refractivity contribution in [1.82, 2.24) is 4.98 Å². The van der Waals surface area contributed by atoms with Crippen molar-refractivity contribution in [3.05, 3.63) is 18.3 Å². The van der Waals surface area contributed by atoms with Crippen LogP contribution in [0.4, 0.5) is 11.5 Å². The molecule has 0 bridgehead atoms. The Morgan fingerprint density at radius 1 is 1.53 bits per heavy atom. The predicted octanol–water partition coefficient (Wildman–Crippen LogP) is 1.84. The van der Waals surface area contributed by atoms with E-state index < -0.39 is 0 Å². The lowest BCUT2D eigenvalue weighted by Crippen LogP contribution is -2.12. The van der Waals surface area contributed by atoms with E-state index in [1.54, 1.807) is 12.1 Å². The number of amides is 1. The van der Waals surface area contributed by atoms with E-state index in [4.69, 9.17) is 10.5 Å². The largest absolute Gasteiger partial charge is 0.384 e. The molecule has 0 saturated carbocycles. The molecule has 0 unspecified atom stereocenters. The number of aromatic nitrogens is 1. The van der Waals surface area contributed by atoms with Crippen molar-refractivity contribution in [2.75, 3.05) is 24.3 Å². The number of halogens is 1. The minimum Gasteiger partial charge on any atom is -0.384 e. The lowest BCUT2D eigenvalue weighted by atomic mass is 10.3. The summed E-state index contributed by atoms with van der Waals surface area (Å²) in [5, 5.41) is 2.73. The van der Waals surface area contributed by atoms with Gasteiger partial charge < -0.3 is 15.8 Å². The minimum absolute atomic E-state index is 0. The van der Waals surface area contributed by atoms with Crippen LogP contribution in [0.3, 0.4) is 0 Å². The number of carbonyl (C=O) groups is 1. The molecule has 3 N–H and O–H groups in total. The normalized spacial score (nSPS) is 9.47. The lowest BCUT2D eigenvalue weighted by Gasteiger charge is -2.04. The molecular formula is C11H18ClN3O2. The van der Waals surface area contributed by atoms with Gasteiger partial charge in [0, 0.05) is 19.6 Å². The molecule has 0 radical (unpaired) electrons. The third-order valence-corrected chi connectivity index (χ3v) is 1.97. The number of nitrogen functional groups attached to an aromatic ring is 1. The van der Waals surface area contributed by atoms with Gasteiger partial charge in [0.1, 0.15) is 5.82 Å². The van der Waals surface area contributed by atoms with Gasteiger partial charge in [0.05, 0.1) is 11.9 Å². The van der Waals surface area contributed by atoms with Gasteiger partial charge in [0.25, 0.3) is 0 Å². The number of nitrogens with zero attached hydrogens (tertiary/aromatic N) is 1. The number of carbonyl (C=O) groups excluding carboxylic acids is 1. The van der Waals surface area contributed by atoms with E-state index in [-0.39, 0.29) is 18.3 Å². The smallest absolute Gasteiger partial charge is 0.224 e. The Balaban J connectivity index is 0.00000256. The van der Waals surface area contributed by atoms with E-state index >= 15 is 0 Å². The van der Waals surface area contributed by atoms with Gasteiger partial charge in [-0.15, -0.1) is 12.4 Å². The van der Waals surface area contributed by atoms with Crippen LogP contribution in [0.25, 0.3) is 0 Å². The Bertz CT molecular complexity index is 330. The molecule has 1 aromatic rings. The highest BCUT2D eigenvalue weighted by Gasteiger charge is 2.02. The Morgan fingerprint density at radius 3 is 2.88 bits per heavy atom. The number of nitrogens with two attached hydrogens (primary N) is 1. The molecule has 1 rings (SSSR count). The average Bonchev–Trinajstić information content (AvgIpc) is 2.28. The molecule has 0 spiro atoms. The van der Waals surface area contributed by atoms with Crippen LogP contribution in [0.15, 0.2) is 18.3 Å². The number of pyridine rings is 1. The van der Waals surface area contributed by atoms with Gasteiger partial charge >= 0.3 is 0 Å². The summed E-state index contributed by atoms with van der Waals surface area (Å²) in [5.74, 6) is 0.403. The van der Waals surface area contributed by atoms with Crippen LogP contribution < -0.4 is 11.1 Å². The summed E-state index contributed by atoms with van der Waals surface area (Å²) >= 11 is 0. The van der Waals surface area contributed by atoms with Crippen molar-refractivity contribution in [1.29, 1.82) is 0 Å². The van der Waals surface area contributed by atoms with Crippen molar-refractivity contribution >= 4 is 29.8 Å². The minimum atomic E-state index is -0.0359. The highest BCUT2D eigenvalue weighted by atomic mass is 35.5. The number of hydrogen-bond acceptors (Lipinski definition) is 4. The van der Waals surface area contributed by atoms with Gasteiger partial charge in [0.15, 0.2) is 0 Å². The first-order valence-electron chi connectivity index (χ1n) is 5.31. The second-order valence-corrected chi connectivity index (χ2v) is 3.32. The standard InChI is InChI=1S/C11H17N3O2.ClH/c1-2-16-7-3-4-11(15)14-9-5-6-10(12)13-8-9;/h5-6,8H,2-4,7H2,1H3,(H2,12,13)(H,14,15);1H. The second kappa shape index (κ2) is 8.78. The fourth-order valence-corrected chi connectivity index (χ4v) is 1.18. The van der Waals surface area contributed by atoms with Gasteiger partial charge in [-0.2, -0.15) is 0 Å². The van der Waals surface area contributed by atoms with Crippen molar-refractivity contribution in [3.63, 3.8) is 0 Å². The van der Waals surface area contributed by atoms with Gasteiger partial charge in [-0.1, -0.05) is 0 Å². The van der Waals surface area contributed by atoms with Gasteiger partial charge in [0.2, 0.25) is 5.91 Å². The SMILES string of the molecule is CCOCCCC(=O)Nc1ccc(N)nc1.Cl. The summed E-state index contributed by atoms with van der Waals surface area (Å²) < 4.78 is 5.14. The van der Waals surface area contributed by atoms with E-state index in [0.29, 0.717) is 31.1 Å². The van der Waals surface area contributed by atoms with Crippen molar-refractivity contribution < 1.29 is 9.53 Å². The highest BCUT2D eigenvalue weighted by molar-refractivity contribution is 5.90. The molecule has 1 heterocycles. The molecule has 1 amide bonds. The molecule has 1 aromatic heterocycles. The van der Waals surface area contributed by atoms with Crippen LogP contribution in [-0.4, -0.2) is 24.1 Å². The summed E-state index contributed by atoms with van der Waals surface area (Å²) in [7, 11) is 0. The molecule has 0 aromatic carbocycles. The number of rotatable bonds is 6. The summed E-state index contributed by atoms with van der Waals surface area (Å²) in [5.41, 5.74) is 6.09. The lowest BCUT2D eigenvalue weighted by molar-refractivity contribution is -0.116. The first kappa shape index (κ1) is 15.7. The van der Waals surface area contributed by atoms with Crippen molar-refractivity contribution in [3.8, 4) is 0 Å². The van der Waals surface area contributed by atoms with Gasteiger partial charge in [-0.3, -0.25) is 4.79 Å². The molecule has 0 atom stereocenters. The number of hydrogen-bond donors (Lipinski definition) is 2. The molecule has 0 aliphatic carbocycles. The summed E-state index contributed by atoms with van der Waals surface area (Å²) in [6.07, 6.45) is 2.71. The molecule has 6 heteroatoms. The number of ether oxygens (including phenoxy) is 1. The first-order valence-corrected chi connectivity index (χ1v) is 5.31. The van der Waals surface area contributed by atoms with E-state index in [9.17, 15) is 4.79 Å². The third kappa shape index (κ3) is 6.76. The maximum Gasteiger partial charge on any atom is 0.224 e. The topological polar surface area (TPSA) is 77.2 Å². The van der Waals surface area contributed by atoms with Gasteiger partial charge in [-0.25, -0.2) is 4.98 Å². The average molecular weight is 260 g/mol. The summed E-state index contributed by atoms with van der Waals surface area (Å²) in [6.45, 7) is 3.23. The zero-order chi connectivity index (χ0) is 11.8. The second-order valence-electron chi connectivity index (χ2n) is 3.32. The van der Waals surface area contributed by atoms with Crippen LogP contribution in [0.1, 0.15) is 19.8 Å². The first-order chi connectivity index (χ1) is 7.72. The molecular weight excluding hydrogens is 242 g/mol. The fraction of sp³-hybridized carbons (Fsp3) is 0.455. The van der Waals surface area contributed by atoms with E-state index in [0.717, 1.165) is 6.42 Å². The van der Waals surface area contributed by atoms with E-state index in [2.05, 4.69) is 10.3 Å². The van der Waals surface area contributed by atoms with Crippen LogP contribution in [0.5, 0.6) is 0 Å². The van der Waals surface area contributed by atoms with Crippen LogP contribution >= 0.6 is 12.4 Å². The van der Waals surface area contributed by atoms with E-state index in [1.165, 1.54) is 6.20 Å². The van der Waals surface area contributed by atoms with Crippen LogP contribution in [-0.2, 0) is 9.53 Å². The zero-order valence-electron chi connectivity index (χ0n) is 9.81. The van der Waals surface area contributed by atoms with Crippen molar-refractivity contribution in [2.24, 2.45) is 0 Å². The van der Waals surface area contributed by atoms with E-state index in [1.807, 2.05) is 6.92 Å². The summed E-state index contributed by atoms with van der Waals surface area (Å²) in [6, 6.07) is 3.37. The third-order valence-electron chi connectivity index (χ3n) is 1.97. The molecule has 96 valence electrons. The number of anilines is 2. The molecule has 5 nitrogen and oxygen atoms in total. The Labute approximate surface area is 107 Å². The molecule has 0 aliphatic heterocycles. The monoisotopic (exact) mass is 259 g/mol. The Hall–Kier alpha value is -1.33. The van der Waals surface area contributed by atoms with Gasteiger partial charge in [-0.05, 0) is 25.5 Å². The van der Waals surface area contributed by atoms with Crippen LogP contribution in [0.2, 0.25) is 0 Å². The molecule has 17 heavy (non-hydrogen) atoms. The predicted molar refractivity (Wildman–Crippen MR) is 70.3 cm³/mol.